The number of benzene rings is 1. The van der Waals surface area contributed by atoms with Gasteiger partial charge in [-0.1, -0.05) is 6.92 Å². The third kappa shape index (κ3) is 5.11. The monoisotopic (exact) mass is 279 g/mol. The minimum absolute atomic E-state index is 0.135. The van der Waals surface area contributed by atoms with E-state index in [1.165, 1.54) is 0 Å². The van der Waals surface area contributed by atoms with Crippen LogP contribution >= 0.6 is 0 Å². The summed E-state index contributed by atoms with van der Waals surface area (Å²) >= 11 is 0. The molecular weight excluding hydrogens is 254 g/mol. The molecule has 0 amide bonds. The molecular formula is C16H25NO3. The van der Waals surface area contributed by atoms with Crippen molar-refractivity contribution in [3.63, 3.8) is 0 Å². The van der Waals surface area contributed by atoms with Gasteiger partial charge in [-0.05, 0) is 56.4 Å². The second kappa shape index (κ2) is 8.46. The molecule has 1 aromatic carbocycles. The predicted molar refractivity (Wildman–Crippen MR) is 80.9 cm³/mol. The summed E-state index contributed by atoms with van der Waals surface area (Å²) in [6.45, 7) is 6.93. The number of unbranched alkanes of at least 4 members (excludes halogenated alkanes) is 1. The molecule has 0 unspecified atom stereocenters. The maximum Gasteiger partial charge on any atom is 0.305 e. The summed E-state index contributed by atoms with van der Waals surface area (Å²) in [5.41, 5.74) is 9.01. The fourth-order valence-electron chi connectivity index (χ4n) is 2.01. The number of esters is 1. The highest BCUT2D eigenvalue weighted by atomic mass is 16.5. The van der Waals surface area contributed by atoms with Crippen LogP contribution in [0.25, 0.3) is 0 Å². The van der Waals surface area contributed by atoms with Gasteiger partial charge in [0.05, 0.1) is 13.2 Å². The fraction of sp³-hybridized carbons (Fsp3) is 0.562. The third-order valence-electron chi connectivity index (χ3n) is 3.18. The van der Waals surface area contributed by atoms with Crippen LogP contribution < -0.4 is 10.5 Å². The van der Waals surface area contributed by atoms with Gasteiger partial charge in [-0.25, -0.2) is 0 Å². The lowest BCUT2D eigenvalue weighted by atomic mass is 10.1. The number of aryl methyl sites for hydroxylation is 2. The zero-order chi connectivity index (χ0) is 15.0. The highest BCUT2D eigenvalue weighted by molar-refractivity contribution is 5.69. The molecule has 4 heteroatoms. The van der Waals surface area contributed by atoms with Gasteiger partial charge in [0.15, 0.2) is 0 Å². The second-order valence-corrected chi connectivity index (χ2v) is 4.78. The standard InChI is InChI=1S/C16H25NO3/c1-4-13-11-14(10-12(3)16(13)17)20-9-7-6-8-15(18)19-5-2/h10-11H,4-9,17H2,1-3H3. The Balaban J connectivity index is 2.35. The van der Waals surface area contributed by atoms with Crippen LogP contribution in [-0.4, -0.2) is 19.2 Å². The number of rotatable bonds is 8. The molecule has 20 heavy (non-hydrogen) atoms. The van der Waals surface area contributed by atoms with Crippen LogP contribution in [-0.2, 0) is 16.0 Å². The number of carbonyl (C=O) groups excluding carboxylic acids is 1. The Morgan fingerprint density at radius 2 is 2.00 bits per heavy atom. The van der Waals surface area contributed by atoms with Crippen molar-refractivity contribution in [2.75, 3.05) is 18.9 Å². The number of hydrogen-bond acceptors (Lipinski definition) is 4. The maximum absolute atomic E-state index is 11.2. The molecule has 0 bridgehead atoms. The Kier molecular flexibility index (Phi) is 6.91. The molecule has 1 aromatic rings. The summed E-state index contributed by atoms with van der Waals surface area (Å²) in [7, 11) is 0. The van der Waals surface area contributed by atoms with Crippen molar-refractivity contribution in [1.82, 2.24) is 0 Å². The van der Waals surface area contributed by atoms with Crippen molar-refractivity contribution >= 4 is 11.7 Å². The van der Waals surface area contributed by atoms with E-state index in [1.807, 2.05) is 26.0 Å². The molecule has 0 aliphatic rings. The van der Waals surface area contributed by atoms with Crippen LogP contribution in [0.3, 0.4) is 0 Å². The molecule has 112 valence electrons. The normalized spacial score (nSPS) is 10.3. The molecule has 0 heterocycles. The molecule has 0 atom stereocenters. The minimum atomic E-state index is -0.135. The van der Waals surface area contributed by atoms with E-state index in [9.17, 15) is 4.79 Å². The van der Waals surface area contributed by atoms with Gasteiger partial charge in [0, 0.05) is 12.1 Å². The van der Waals surface area contributed by atoms with E-state index in [0.29, 0.717) is 19.6 Å². The van der Waals surface area contributed by atoms with Gasteiger partial charge in [-0.2, -0.15) is 0 Å². The van der Waals surface area contributed by atoms with Crippen LogP contribution in [0.1, 0.15) is 44.2 Å². The summed E-state index contributed by atoms with van der Waals surface area (Å²) in [5, 5.41) is 0. The van der Waals surface area contributed by atoms with Gasteiger partial charge in [0.2, 0.25) is 0 Å². The highest BCUT2D eigenvalue weighted by Gasteiger charge is 2.05. The molecule has 4 nitrogen and oxygen atoms in total. The van der Waals surface area contributed by atoms with Crippen LogP contribution in [0.2, 0.25) is 0 Å². The zero-order valence-corrected chi connectivity index (χ0v) is 12.7. The lowest BCUT2D eigenvalue weighted by Crippen LogP contribution is -2.05. The Bertz CT molecular complexity index is 444. The Labute approximate surface area is 121 Å². The Hall–Kier alpha value is -1.71. The summed E-state index contributed by atoms with van der Waals surface area (Å²) in [5.74, 6) is 0.716. The van der Waals surface area contributed by atoms with Gasteiger partial charge in [0.1, 0.15) is 5.75 Å². The number of nitrogens with two attached hydrogens (primary N) is 1. The summed E-state index contributed by atoms with van der Waals surface area (Å²) in [6.07, 6.45) is 2.97. The van der Waals surface area contributed by atoms with Crippen molar-refractivity contribution in [1.29, 1.82) is 0 Å². The molecule has 1 rings (SSSR count). The minimum Gasteiger partial charge on any atom is -0.494 e. The number of nitrogen functional groups attached to an aromatic ring is 1. The Morgan fingerprint density at radius 1 is 1.25 bits per heavy atom. The lowest BCUT2D eigenvalue weighted by molar-refractivity contribution is -0.143. The van der Waals surface area contributed by atoms with Crippen LogP contribution in [0.4, 0.5) is 5.69 Å². The average molecular weight is 279 g/mol. The topological polar surface area (TPSA) is 61.5 Å². The van der Waals surface area contributed by atoms with E-state index in [4.69, 9.17) is 15.2 Å². The van der Waals surface area contributed by atoms with E-state index in [1.54, 1.807) is 0 Å². The van der Waals surface area contributed by atoms with Gasteiger partial charge < -0.3 is 15.2 Å². The molecule has 2 N–H and O–H groups in total. The molecule has 0 fully saturated rings. The first kappa shape index (κ1) is 16.3. The number of ether oxygens (including phenoxy) is 2. The molecule has 0 aliphatic carbocycles. The number of carbonyl (C=O) groups is 1. The molecule has 0 spiro atoms. The molecule has 0 saturated heterocycles. The first-order valence-electron chi connectivity index (χ1n) is 7.25. The van der Waals surface area contributed by atoms with Gasteiger partial charge >= 0.3 is 5.97 Å². The van der Waals surface area contributed by atoms with Crippen molar-refractivity contribution < 1.29 is 14.3 Å². The highest BCUT2D eigenvalue weighted by Crippen LogP contribution is 2.24. The number of anilines is 1. The van der Waals surface area contributed by atoms with E-state index >= 15 is 0 Å². The number of hydrogen-bond donors (Lipinski definition) is 1. The van der Waals surface area contributed by atoms with Crippen LogP contribution in [0.5, 0.6) is 5.75 Å². The zero-order valence-electron chi connectivity index (χ0n) is 12.7. The fourth-order valence-corrected chi connectivity index (χ4v) is 2.01. The maximum atomic E-state index is 11.2. The van der Waals surface area contributed by atoms with Gasteiger partial charge in [0.25, 0.3) is 0 Å². The van der Waals surface area contributed by atoms with Crippen molar-refractivity contribution in [3.05, 3.63) is 23.3 Å². The van der Waals surface area contributed by atoms with Gasteiger partial charge in [-0.3, -0.25) is 4.79 Å². The van der Waals surface area contributed by atoms with E-state index in [2.05, 4.69) is 6.92 Å². The summed E-state index contributed by atoms with van der Waals surface area (Å²) < 4.78 is 10.6. The Morgan fingerprint density at radius 3 is 2.65 bits per heavy atom. The summed E-state index contributed by atoms with van der Waals surface area (Å²) in [6, 6.07) is 3.95. The second-order valence-electron chi connectivity index (χ2n) is 4.78. The predicted octanol–water partition coefficient (Wildman–Crippen LogP) is 3.25. The van der Waals surface area contributed by atoms with Crippen molar-refractivity contribution in [2.24, 2.45) is 0 Å². The van der Waals surface area contributed by atoms with Gasteiger partial charge in [-0.15, -0.1) is 0 Å². The SMILES string of the molecule is CCOC(=O)CCCCOc1cc(C)c(N)c(CC)c1. The quantitative estimate of drug-likeness (QED) is 0.451. The molecule has 0 aromatic heterocycles. The lowest BCUT2D eigenvalue weighted by Gasteiger charge is -2.12. The molecule has 0 aliphatic heterocycles. The molecule has 0 saturated carbocycles. The third-order valence-corrected chi connectivity index (χ3v) is 3.18. The van der Waals surface area contributed by atoms with Crippen LogP contribution in [0, 0.1) is 6.92 Å². The largest absolute Gasteiger partial charge is 0.494 e. The van der Waals surface area contributed by atoms with Crippen molar-refractivity contribution in [3.8, 4) is 5.75 Å². The smallest absolute Gasteiger partial charge is 0.305 e. The van der Waals surface area contributed by atoms with E-state index in [-0.39, 0.29) is 5.97 Å². The van der Waals surface area contributed by atoms with Crippen molar-refractivity contribution in [2.45, 2.75) is 46.5 Å². The molecule has 0 radical (unpaired) electrons. The first-order chi connectivity index (χ1) is 9.58. The van der Waals surface area contributed by atoms with E-state index in [0.717, 1.165) is 41.8 Å². The first-order valence-corrected chi connectivity index (χ1v) is 7.25. The van der Waals surface area contributed by atoms with E-state index < -0.39 is 0 Å². The van der Waals surface area contributed by atoms with Crippen LogP contribution in [0.15, 0.2) is 12.1 Å². The average Bonchev–Trinajstić information content (AvgIpc) is 2.42. The summed E-state index contributed by atoms with van der Waals surface area (Å²) in [4.78, 5) is 11.2.